The lowest BCUT2D eigenvalue weighted by Gasteiger charge is -2.04. The Kier molecular flexibility index (Phi) is 2.28. The monoisotopic (exact) mass is 207 g/mol. The number of phenolic OH excluding ortho intramolecular Hbond substituents is 2. The summed E-state index contributed by atoms with van der Waals surface area (Å²) in [6, 6.07) is 1.60. The topological polar surface area (TPSA) is 83.9 Å². The SMILES string of the molecule is Cc1c(O)c(O)cc2c(CC[NH3+])c[nH]c12. The normalized spacial score (nSPS) is 11.1. The number of rotatable bonds is 2. The van der Waals surface area contributed by atoms with Crippen LogP contribution in [-0.2, 0) is 6.42 Å². The molecule has 6 N–H and O–H groups in total. The molecular weight excluding hydrogens is 192 g/mol. The number of H-pyrrole nitrogens is 1. The summed E-state index contributed by atoms with van der Waals surface area (Å²) >= 11 is 0. The van der Waals surface area contributed by atoms with E-state index in [1.54, 1.807) is 13.0 Å². The number of phenols is 2. The second-order valence-electron chi connectivity index (χ2n) is 3.71. The highest BCUT2D eigenvalue weighted by molar-refractivity contribution is 5.89. The van der Waals surface area contributed by atoms with Crippen molar-refractivity contribution in [3.8, 4) is 11.5 Å². The summed E-state index contributed by atoms with van der Waals surface area (Å²) < 4.78 is 0. The summed E-state index contributed by atoms with van der Waals surface area (Å²) in [6.45, 7) is 2.59. The third-order valence-corrected chi connectivity index (χ3v) is 2.71. The van der Waals surface area contributed by atoms with Gasteiger partial charge in [-0.15, -0.1) is 0 Å². The van der Waals surface area contributed by atoms with Gasteiger partial charge in [0, 0.05) is 23.6 Å². The van der Waals surface area contributed by atoms with Crippen molar-refractivity contribution >= 4 is 10.9 Å². The molecule has 0 saturated heterocycles. The number of aromatic nitrogens is 1. The van der Waals surface area contributed by atoms with Gasteiger partial charge < -0.3 is 20.9 Å². The van der Waals surface area contributed by atoms with Gasteiger partial charge in [-0.3, -0.25) is 0 Å². The highest BCUT2D eigenvalue weighted by Crippen LogP contribution is 2.35. The van der Waals surface area contributed by atoms with E-state index >= 15 is 0 Å². The van der Waals surface area contributed by atoms with Gasteiger partial charge in [0.15, 0.2) is 11.5 Å². The van der Waals surface area contributed by atoms with E-state index < -0.39 is 0 Å². The zero-order valence-electron chi connectivity index (χ0n) is 8.67. The Balaban J connectivity index is 2.71. The Morgan fingerprint density at radius 1 is 1.40 bits per heavy atom. The Hall–Kier alpha value is -1.68. The maximum atomic E-state index is 9.56. The molecule has 4 nitrogen and oxygen atoms in total. The molecule has 4 heteroatoms. The maximum Gasteiger partial charge on any atom is 0.162 e. The Morgan fingerprint density at radius 2 is 2.13 bits per heavy atom. The quantitative estimate of drug-likeness (QED) is 0.546. The van der Waals surface area contributed by atoms with Crippen LogP contribution in [0.5, 0.6) is 11.5 Å². The number of benzene rings is 1. The number of quaternary nitrogens is 1. The number of aromatic hydroxyl groups is 2. The van der Waals surface area contributed by atoms with Gasteiger partial charge in [-0.2, -0.15) is 0 Å². The Bertz CT molecular complexity index is 503. The van der Waals surface area contributed by atoms with Crippen LogP contribution in [-0.4, -0.2) is 21.7 Å². The number of nitrogens with one attached hydrogen (secondary N) is 1. The minimum absolute atomic E-state index is 0.0504. The van der Waals surface area contributed by atoms with Gasteiger partial charge >= 0.3 is 0 Å². The third-order valence-electron chi connectivity index (χ3n) is 2.71. The molecule has 80 valence electrons. The number of aryl methyl sites for hydroxylation is 1. The lowest BCUT2D eigenvalue weighted by Crippen LogP contribution is -2.51. The van der Waals surface area contributed by atoms with Crippen LogP contribution in [0.4, 0.5) is 0 Å². The molecule has 2 aromatic rings. The van der Waals surface area contributed by atoms with Crippen LogP contribution in [0.15, 0.2) is 12.3 Å². The van der Waals surface area contributed by atoms with Gasteiger partial charge in [-0.1, -0.05) is 0 Å². The fourth-order valence-electron chi connectivity index (χ4n) is 1.86. The maximum absolute atomic E-state index is 9.56. The number of aromatic amines is 1. The molecule has 0 unspecified atom stereocenters. The zero-order valence-corrected chi connectivity index (χ0v) is 8.67. The lowest BCUT2D eigenvalue weighted by molar-refractivity contribution is -0.366. The van der Waals surface area contributed by atoms with Crippen molar-refractivity contribution in [3.05, 3.63) is 23.4 Å². The molecule has 1 aromatic carbocycles. The molecule has 15 heavy (non-hydrogen) atoms. The highest BCUT2D eigenvalue weighted by Gasteiger charge is 2.12. The van der Waals surface area contributed by atoms with Crippen LogP contribution in [0.3, 0.4) is 0 Å². The molecule has 0 aliphatic carbocycles. The van der Waals surface area contributed by atoms with Gasteiger partial charge in [-0.25, -0.2) is 0 Å². The smallest absolute Gasteiger partial charge is 0.162 e. The fourth-order valence-corrected chi connectivity index (χ4v) is 1.86. The van der Waals surface area contributed by atoms with E-state index in [1.807, 2.05) is 6.20 Å². The van der Waals surface area contributed by atoms with Crippen LogP contribution in [0.25, 0.3) is 10.9 Å². The second kappa shape index (κ2) is 3.47. The molecule has 0 amide bonds. The molecule has 0 atom stereocenters. The van der Waals surface area contributed by atoms with Crippen molar-refractivity contribution in [2.45, 2.75) is 13.3 Å². The minimum Gasteiger partial charge on any atom is -0.504 e. The van der Waals surface area contributed by atoms with Crippen LogP contribution in [0.2, 0.25) is 0 Å². The van der Waals surface area contributed by atoms with Crippen molar-refractivity contribution in [2.24, 2.45) is 0 Å². The molecule has 1 aromatic heterocycles. The Morgan fingerprint density at radius 3 is 2.80 bits per heavy atom. The molecule has 0 saturated carbocycles. The number of hydrogen-bond donors (Lipinski definition) is 4. The summed E-state index contributed by atoms with van der Waals surface area (Å²) in [6.07, 6.45) is 2.77. The van der Waals surface area contributed by atoms with Crippen LogP contribution < -0.4 is 5.73 Å². The fraction of sp³-hybridized carbons (Fsp3) is 0.273. The molecular formula is C11H15N2O2+. The third kappa shape index (κ3) is 1.43. The van der Waals surface area contributed by atoms with Gasteiger partial charge in [0.25, 0.3) is 0 Å². The molecule has 1 heterocycles. The van der Waals surface area contributed by atoms with E-state index in [4.69, 9.17) is 0 Å². The number of fused-ring (bicyclic) bond motifs is 1. The molecule has 0 aliphatic rings. The first-order chi connectivity index (χ1) is 7.15. The average Bonchev–Trinajstić information content (AvgIpc) is 2.59. The van der Waals surface area contributed by atoms with Crippen LogP contribution in [0.1, 0.15) is 11.1 Å². The first-order valence-corrected chi connectivity index (χ1v) is 4.96. The summed E-state index contributed by atoms with van der Waals surface area (Å²) in [7, 11) is 0. The predicted molar refractivity (Wildman–Crippen MR) is 57.8 cm³/mol. The predicted octanol–water partition coefficient (Wildman–Crippen LogP) is 0.672. The highest BCUT2D eigenvalue weighted by atomic mass is 16.3. The first-order valence-electron chi connectivity index (χ1n) is 4.96. The minimum atomic E-state index is -0.0649. The standard InChI is InChI=1S/C11H14N2O2/c1-6-10-8(4-9(14)11(6)15)7(2-3-12)5-13-10/h4-5,13-15H,2-3,12H2,1H3/p+1. The van der Waals surface area contributed by atoms with Crippen molar-refractivity contribution in [1.29, 1.82) is 0 Å². The van der Waals surface area contributed by atoms with Crippen molar-refractivity contribution in [3.63, 3.8) is 0 Å². The lowest BCUT2D eigenvalue weighted by atomic mass is 10.1. The van der Waals surface area contributed by atoms with Gasteiger partial charge in [0.05, 0.1) is 12.1 Å². The largest absolute Gasteiger partial charge is 0.504 e. The van der Waals surface area contributed by atoms with E-state index in [9.17, 15) is 10.2 Å². The second-order valence-corrected chi connectivity index (χ2v) is 3.71. The van der Waals surface area contributed by atoms with Crippen molar-refractivity contribution < 1.29 is 15.9 Å². The number of hydrogen-bond acceptors (Lipinski definition) is 2. The summed E-state index contributed by atoms with van der Waals surface area (Å²) in [5.41, 5.74) is 6.49. The molecule has 0 aliphatic heterocycles. The van der Waals surface area contributed by atoms with E-state index in [0.717, 1.165) is 29.4 Å². The van der Waals surface area contributed by atoms with Gasteiger partial charge in [0.2, 0.25) is 0 Å². The van der Waals surface area contributed by atoms with Crippen molar-refractivity contribution in [1.82, 2.24) is 4.98 Å². The molecule has 0 radical (unpaired) electrons. The summed E-state index contributed by atoms with van der Waals surface area (Å²) in [5.74, 6) is -0.115. The van der Waals surface area contributed by atoms with E-state index in [-0.39, 0.29) is 11.5 Å². The van der Waals surface area contributed by atoms with E-state index in [1.165, 1.54) is 0 Å². The molecule has 2 rings (SSSR count). The van der Waals surface area contributed by atoms with Crippen LogP contribution in [0, 0.1) is 6.92 Å². The van der Waals surface area contributed by atoms with Crippen molar-refractivity contribution in [2.75, 3.05) is 6.54 Å². The van der Waals surface area contributed by atoms with Crippen LogP contribution >= 0.6 is 0 Å². The van der Waals surface area contributed by atoms with E-state index in [2.05, 4.69) is 10.7 Å². The molecule has 0 fully saturated rings. The Labute approximate surface area is 87.3 Å². The molecule has 0 bridgehead atoms. The summed E-state index contributed by atoms with van der Waals surface area (Å²) in [4.78, 5) is 3.11. The average molecular weight is 207 g/mol. The van der Waals surface area contributed by atoms with Gasteiger partial charge in [0.1, 0.15) is 0 Å². The first kappa shape index (κ1) is 9.86. The van der Waals surface area contributed by atoms with E-state index in [0.29, 0.717) is 5.56 Å². The molecule has 0 spiro atoms. The zero-order chi connectivity index (χ0) is 11.0. The van der Waals surface area contributed by atoms with Gasteiger partial charge in [-0.05, 0) is 18.6 Å². The summed E-state index contributed by atoms with van der Waals surface area (Å²) in [5, 5.41) is 20.1.